The minimum atomic E-state index is -0.932. The number of nitrogens with zero attached hydrogens (tertiary/aromatic N) is 3. The maximum atomic E-state index is 13.6. The van der Waals surface area contributed by atoms with Crippen molar-refractivity contribution < 1.29 is 24.2 Å². The minimum Gasteiger partial charge on any atom is -0.503 e. The summed E-state index contributed by atoms with van der Waals surface area (Å²) in [5.74, 6) is -0.00565. The normalized spacial score (nSPS) is 15.0. The molecule has 1 atom stereocenters. The fourth-order valence-corrected chi connectivity index (χ4v) is 6.88. The average Bonchev–Trinajstić information content (AvgIpc) is 3.74. The fraction of sp³-hybridized carbons (Fsp3) is 0.267. The Morgan fingerprint density at radius 2 is 1.93 bits per heavy atom. The summed E-state index contributed by atoms with van der Waals surface area (Å²) in [7, 11) is 1.54. The molecule has 0 fully saturated rings. The molecule has 0 saturated carbocycles. The number of rotatable bonds is 12. The van der Waals surface area contributed by atoms with Crippen molar-refractivity contribution in [2.24, 2.45) is 0 Å². The van der Waals surface area contributed by atoms with E-state index in [2.05, 4.69) is 41.4 Å². The molecule has 0 aliphatic carbocycles. The second-order valence-electron chi connectivity index (χ2n) is 9.38. The molecule has 212 valence electrons. The third-order valence-corrected chi connectivity index (χ3v) is 9.54. The van der Waals surface area contributed by atoms with Gasteiger partial charge in [-0.3, -0.25) is 14.5 Å². The van der Waals surface area contributed by atoms with Gasteiger partial charge < -0.3 is 14.6 Å². The molecule has 5 rings (SSSR count). The second-order valence-corrected chi connectivity index (χ2v) is 12.5. The molecule has 1 unspecified atom stereocenters. The number of hydrogen-bond acceptors (Lipinski definition) is 10. The molecule has 0 spiro atoms. The van der Waals surface area contributed by atoms with Crippen molar-refractivity contribution in [1.82, 2.24) is 10.2 Å². The van der Waals surface area contributed by atoms with Crippen LogP contribution >= 0.6 is 34.4 Å². The highest BCUT2D eigenvalue weighted by Gasteiger charge is 2.46. The highest BCUT2D eigenvalue weighted by molar-refractivity contribution is 8.00. The van der Waals surface area contributed by atoms with Gasteiger partial charge in [-0.1, -0.05) is 78.4 Å². The Kier molecular flexibility index (Phi) is 9.06. The first kappa shape index (κ1) is 28.8. The van der Waals surface area contributed by atoms with Gasteiger partial charge in [0.2, 0.25) is 10.9 Å². The summed E-state index contributed by atoms with van der Waals surface area (Å²) in [4.78, 5) is 28.9. The molecule has 4 aromatic rings. The molecule has 11 heteroatoms. The van der Waals surface area contributed by atoms with E-state index in [-0.39, 0.29) is 10.7 Å². The molecule has 8 nitrogen and oxygen atoms in total. The maximum absolute atomic E-state index is 13.6. The van der Waals surface area contributed by atoms with Crippen LogP contribution in [0.3, 0.4) is 0 Å². The molecule has 0 radical (unpaired) electrons. The molecule has 0 saturated heterocycles. The summed E-state index contributed by atoms with van der Waals surface area (Å²) in [6, 6.07) is 16.0. The Morgan fingerprint density at radius 1 is 1.12 bits per heavy atom. The number of Topliss-reactive ketones (excluding diaryl/α,β-unsaturated/α-hetero) is 1. The number of ether oxygens (including phenoxy) is 2. The standard InChI is InChI=1S/C30H29N3O5S3/c1-4-5-14-38-21-13-12-20(16-22(21)37-3)25-24(26(34)23-7-6-15-39-23)27(35)28(36)33(25)29-31-32-30(41-29)40-17-19-10-8-18(2)9-11-19/h6-13,15-16,25,35H,4-5,14,17H2,1-3H3. The number of aliphatic hydroxyl groups is 1. The number of unbranched alkanes of at least 4 members (excludes halogenated alkanes) is 1. The van der Waals surface area contributed by atoms with Crippen molar-refractivity contribution in [2.75, 3.05) is 18.6 Å². The van der Waals surface area contributed by atoms with Crippen LogP contribution in [-0.2, 0) is 10.5 Å². The van der Waals surface area contributed by atoms with Gasteiger partial charge in [0.1, 0.15) is 0 Å². The first-order valence-electron chi connectivity index (χ1n) is 13.1. The van der Waals surface area contributed by atoms with Gasteiger partial charge in [-0.2, -0.15) is 0 Å². The number of carbonyl (C=O) groups is 2. The molecule has 2 aromatic heterocycles. The predicted octanol–water partition coefficient (Wildman–Crippen LogP) is 7.17. The molecule has 41 heavy (non-hydrogen) atoms. The lowest BCUT2D eigenvalue weighted by Crippen LogP contribution is -2.31. The third kappa shape index (κ3) is 6.17. The summed E-state index contributed by atoms with van der Waals surface area (Å²) in [6.07, 6.45) is 1.89. The summed E-state index contributed by atoms with van der Waals surface area (Å²) >= 11 is 4.00. The maximum Gasteiger partial charge on any atom is 0.296 e. The topological polar surface area (TPSA) is 102 Å². The lowest BCUT2D eigenvalue weighted by molar-refractivity contribution is -0.117. The van der Waals surface area contributed by atoms with E-state index in [4.69, 9.17) is 9.47 Å². The van der Waals surface area contributed by atoms with Crippen LogP contribution in [0.2, 0.25) is 0 Å². The van der Waals surface area contributed by atoms with Gasteiger partial charge in [-0.05, 0) is 48.1 Å². The Balaban J connectivity index is 1.50. The number of thioether (sulfide) groups is 1. The number of aliphatic hydroxyl groups excluding tert-OH is 1. The largest absolute Gasteiger partial charge is 0.503 e. The van der Waals surface area contributed by atoms with Crippen LogP contribution in [0.5, 0.6) is 11.5 Å². The van der Waals surface area contributed by atoms with Gasteiger partial charge in [-0.25, -0.2) is 0 Å². The monoisotopic (exact) mass is 607 g/mol. The lowest BCUT2D eigenvalue weighted by atomic mass is 9.95. The van der Waals surface area contributed by atoms with Crippen LogP contribution in [-0.4, -0.2) is 40.7 Å². The SMILES string of the molecule is CCCCOc1ccc(C2C(C(=O)c3cccs3)=C(O)C(=O)N2c2nnc(SCc3ccc(C)cc3)s2)cc1OC. The number of aryl methyl sites for hydroxylation is 1. The molecule has 1 aliphatic heterocycles. The number of amides is 1. The van der Waals surface area contributed by atoms with E-state index < -0.39 is 23.5 Å². The van der Waals surface area contributed by atoms with Gasteiger partial charge in [-0.15, -0.1) is 21.5 Å². The fourth-order valence-electron chi connectivity index (χ4n) is 4.38. The summed E-state index contributed by atoms with van der Waals surface area (Å²) in [5, 5.41) is 21.7. The summed E-state index contributed by atoms with van der Waals surface area (Å²) < 4.78 is 12.2. The zero-order chi connectivity index (χ0) is 28.9. The van der Waals surface area contributed by atoms with Gasteiger partial charge in [0.15, 0.2) is 21.6 Å². The van der Waals surface area contributed by atoms with Crippen molar-refractivity contribution in [3.05, 3.63) is 92.9 Å². The van der Waals surface area contributed by atoms with Gasteiger partial charge in [0.05, 0.1) is 30.2 Å². The third-order valence-electron chi connectivity index (χ3n) is 6.54. The number of aromatic nitrogens is 2. The summed E-state index contributed by atoms with van der Waals surface area (Å²) in [5.41, 5.74) is 2.89. The van der Waals surface area contributed by atoms with Crippen LogP contribution in [0, 0.1) is 6.92 Å². The minimum absolute atomic E-state index is 0.0109. The predicted molar refractivity (Wildman–Crippen MR) is 163 cm³/mol. The van der Waals surface area contributed by atoms with Crippen molar-refractivity contribution in [3.63, 3.8) is 0 Å². The second kappa shape index (κ2) is 12.9. The number of methoxy groups -OCH3 is 1. The lowest BCUT2D eigenvalue weighted by Gasteiger charge is -2.24. The number of hydrogen-bond donors (Lipinski definition) is 1. The first-order chi connectivity index (χ1) is 19.9. The van der Waals surface area contributed by atoms with Crippen LogP contribution in [0.1, 0.15) is 52.2 Å². The van der Waals surface area contributed by atoms with Crippen molar-refractivity contribution in [2.45, 2.75) is 42.8 Å². The number of benzene rings is 2. The van der Waals surface area contributed by atoms with E-state index in [0.717, 1.165) is 18.4 Å². The summed E-state index contributed by atoms with van der Waals surface area (Å²) in [6.45, 7) is 4.66. The van der Waals surface area contributed by atoms with Crippen LogP contribution in [0.15, 0.2) is 75.6 Å². The Bertz CT molecular complexity index is 1560. The Labute approximate surface area is 250 Å². The quantitative estimate of drug-likeness (QED) is 0.0783. The number of anilines is 1. The molecule has 1 aliphatic rings. The van der Waals surface area contributed by atoms with Crippen LogP contribution in [0.4, 0.5) is 5.13 Å². The zero-order valence-corrected chi connectivity index (χ0v) is 25.3. The van der Waals surface area contributed by atoms with E-state index in [1.165, 1.54) is 52.0 Å². The molecular formula is C30H29N3O5S3. The Morgan fingerprint density at radius 3 is 2.63 bits per heavy atom. The van der Waals surface area contributed by atoms with Crippen LogP contribution in [0.25, 0.3) is 0 Å². The van der Waals surface area contributed by atoms with Crippen molar-refractivity contribution in [3.8, 4) is 11.5 Å². The highest BCUT2D eigenvalue weighted by Crippen LogP contribution is 2.45. The molecule has 2 aromatic carbocycles. The Hall–Kier alpha value is -3.67. The molecule has 1 N–H and O–H groups in total. The van der Waals surface area contributed by atoms with Gasteiger partial charge >= 0.3 is 0 Å². The van der Waals surface area contributed by atoms with E-state index >= 15 is 0 Å². The number of thiophene rings is 1. The molecule has 0 bridgehead atoms. The average molecular weight is 608 g/mol. The first-order valence-corrected chi connectivity index (χ1v) is 15.8. The number of carbonyl (C=O) groups excluding carboxylic acids is 2. The molecular weight excluding hydrogens is 579 g/mol. The van der Waals surface area contributed by atoms with E-state index in [1.54, 1.807) is 35.7 Å². The van der Waals surface area contributed by atoms with E-state index in [9.17, 15) is 14.7 Å². The van der Waals surface area contributed by atoms with Gasteiger partial charge in [0.25, 0.3) is 5.91 Å². The molecule has 3 heterocycles. The number of ketones is 1. The van der Waals surface area contributed by atoms with Crippen molar-refractivity contribution >= 4 is 51.3 Å². The molecule has 1 amide bonds. The van der Waals surface area contributed by atoms with Gasteiger partial charge in [0, 0.05) is 5.75 Å². The van der Waals surface area contributed by atoms with Crippen molar-refractivity contribution in [1.29, 1.82) is 0 Å². The smallest absolute Gasteiger partial charge is 0.296 e. The highest BCUT2D eigenvalue weighted by atomic mass is 32.2. The van der Waals surface area contributed by atoms with Crippen LogP contribution < -0.4 is 14.4 Å². The van der Waals surface area contributed by atoms with E-state index in [1.807, 2.05) is 6.92 Å². The zero-order valence-electron chi connectivity index (χ0n) is 22.8. The van der Waals surface area contributed by atoms with E-state index in [0.29, 0.717) is 38.6 Å².